The van der Waals surface area contributed by atoms with E-state index in [4.69, 9.17) is 4.74 Å². The second-order valence-electron chi connectivity index (χ2n) is 5.02. The van der Waals surface area contributed by atoms with Crippen LogP contribution in [-0.2, 0) is 0 Å². The van der Waals surface area contributed by atoms with Crippen molar-refractivity contribution in [3.63, 3.8) is 0 Å². The van der Waals surface area contributed by atoms with Crippen LogP contribution in [-0.4, -0.2) is 22.4 Å². The van der Waals surface area contributed by atoms with Gasteiger partial charge < -0.3 is 10.1 Å². The molecule has 0 aliphatic rings. The van der Waals surface area contributed by atoms with Gasteiger partial charge in [0, 0.05) is 6.20 Å². The maximum atomic E-state index is 12.5. The molecule has 1 aromatic carbocycles. The molecule has 2 aromatic heterocycles. The maximum Gasteiger partial charge on any atom is 0.281 e. The Balaban J connectivity index is 2.00. The number of carbonyl (C=O) groups is 1. The van der Waals surface area contributed by atoms with Crippen molar-refractivity contribution in [1.29, 1.82) is 0 Å². The number of pyridine rings is 1. The van der Waals surface area contributed by atoms with Gasteiger partial charge >= 0.3 is 0 Å². The zero-order valence-corrected chi connectivity index (χ0v) is 12.7. The third kappa shape index (κ3) is 2.66. The van der Waals surface area contributed by atoms with Gasteiger partial charge in [-0.3, -0.25) is 14.0 Å². The molecule has 1 N–H and O–H groups in total. The fourth-order valence-corrected chi connectivity index (χ4v) is 2.35. The summed E-state index contributed by atoms with van der Waals surface area (Å²) in [6, 6.07) is 10.4. The van der Waals surface area contributed by atoms with E-state index in [1.165, 1.54) is 17.7 Å². The van der Waals surface area contributed by atoms with Gasteiger partial charge in [-0.2, -0.15) is 0 Å². The summed E-state index contributed by atoms with van der Waals surface area (Å²) in [5.74, 6) is 0.0173. The van der Waals surface area contributed by atoms with Gasteiger partial charge in [-0.1, -0.05) is 18.2 Å². The molecular formula is C17H15N3O3. The fraction of sp³-hybridized carbons (Fsp3) is 0.118. The molecule has 0 atom stereocenters. The molecule has 0 unspecified atom stereocenters. The summed E-state index contributed by atoms with van der Waals surface area (Å²) in [4.78, 5) is 29.1. The molecule has 2 heterocycles. The molecule has 0 radical (unpaired) electrons. The molecule has 0 bridgehead atoms. The smallest absolute Gasteiger partial charge is 0.281 e. The highest BCUT2D eigenvalue weighted by molar-refractivity contribution is 6.06. The monoisotopic (exact) mass is 309 g/mol. The fourth-order valence-electron chi connectivity index (χ4n) is 2.35. The van der Waals surface area contributed by atoms with Crippen LogP contribution < -0.4 is 15.6 Å². The Hall–Kier alpha value is -3.15. The first-order valence-electron chi connectivity index (χ1n) is 7.03. The molecule has 0 aliphatic heterocycles. The number of carbonyl (C=O) groups excluding carboxylic acids is 1. The number of methoxy groups -OCH3 is 1. The van der Waals surface area contributed by atoms with Gasteiger partial charge in [0.1, 0.15) is 17.1 Å². The number of aromatic nitrogens is 2. The Morgan fingerprint density at radius 1 is 1.22 bits per heavy atom. The number of aryl methyl sites for hydroxylation is 1. The maximum absolute atomic E-state index is 12.5. The van der Waals surface area contributed by atoms with Crippen molar-refractivity contribution >= 4 is 17.2 Å². The zero-order valence-electron chi connectivity index (χ0n) is 12.7. The van der Waals surface area contributed by atoms with Crippen molar-refractivity contribution in [2.24, 2.45) is 0 Å². The van der Waals surface area contributed by atoms with E-state index in [-0.39, 0.29) is 11.2 Å². The number of ether oxygens (including phenoxy) is 1. The van der Waals surface area contributed by atoms with Crippen LogP contribution in [0.1, 0.15) is 15.9 Å². The van der Waals surface area contributed by atoms with E-state index in [9.17, 15) is 9.59 Å². The summed E-state index contributed by atoms with van der Waals surface area (Å²) in [6.45, 7) is 1.87. The summed E-state index contributed by atoms with van der Waals surface area (Å²) in [7, 11) is 1.49. The van der Waals surface area contributed by atoms with Crippen molar-refractivity contribution < 1.29 is 9.53 Å². The minimum absolute atomic E-state index is 0.115. The SMILES string of the molecule is COc1ccccc1C(=O)Nc1cnc2c(C)cccn2c1=O. The lowest BCUT2D eigenvalue weighted by atomic mass is 10.2. The Morgan fingerprint density at radius 2 is 2.00 bits per heavy atom. The van der Waals surface area contributed by atoms with Crippen molar-refractivity contribution in [2.75, 3.05) is 12.4 Å². The lowest BCUT2D eigenvalue weighted by molar-refractivity contribution is 0.102. The number of nitrogens with one attached hydrogen (secondary N) is 1. The number of anilines is 1. The second-order valence-corrected chi connectivity index (χ2v) is 5.02. The zero-order chi connectivity index (χ0) is 16.4. The second kappa shape index (κ2) is 5.92. The molecule has 0 saturated carbocycles. The summed E-state index contributed by atoms with van der Waals surface area (Å²) in [6.07, 6.45) is 2.99. The minimum atomic E-state index is -0.422. The van der Waals surface area contributed by atoms with Crippen LogP contribution >= 0.6 is 0 Å². The first-order valence-corrected chi connectivity index (χ1v) is 7.03. The number of rotatable bonds is 3. The molecule has 0 aliphatic carbocycles. The van der Waals surface area contributed by atoms with E-state index in [1.807, 2.05) is 13.0 Å². The highest BCUT2D eigenvalue weighted by Gasteiger charge is 2.14. The number of benzene rings is 1. The van der Waals surface area contributed by atoms with Crippen molar-refractivity contribution in [1.82, 2.24) is 9.38 Å². The third-order valence-electron chi connectivity index (χ3n) is 3.53. The predicted octanol–water partition coefficient (Wildman–Crippen LogP) is 2.26. The molecule has 6 heteroatoms. The summed E-state index contributed by atoms with van der Waals surface area (Å²) in [5, 5.41) is 2.60. The number of fused-ring (bicyclic) bond motifs is 1. The first kappa shape index (κ1) is 14.8. The lowest BCUT2D eigenvalue weighted by Crippen LogP contribution is -2.23. The van der Waals surface area contributed by atoms with Gasteiger partial charge in [0.05, 0.1) is 18.9 Å². The van der Waals surface area contributed by atoms with Crippen molar-refractivity contribution in [3.8, 4) is 5.75 Å². The van der Waals surface area contributed by atoms with E-state index in [0.717, 1.165) is 5.56 Å². The molecule has 3 rings (SSSR count). The Morgan fingerprint density at radius 3 is 2.78 bits per heavy atom. The van der Waals surface area contributed by atoms with E-state index in [1.54, 1.807) is 36.5 Å². The molecule has 1 amide bonds. The molecule has 0 spiro atoms. The average Bonchev–Trinajstić information content (AvgIpc) is 2.58. The minimum Gasteiger partial charge on any atom is -0.496 e. The van der Waals surface area contributed by atoms with E-state index >= 15 is 0 Å². The summed E-state index contributed by atoms with van der Waals surface area (Å²) < 4.78 is 6.57. The molecule has 23 heavy (non-hydrogen) atoms. The van der Waals surface area contributed by atoms with Gasteiger partial charge in [0.2, 0.25) is 0 Å². The Bertz CT molecular complexity index is 947. The van der Waals surface area contributed by atoms with E-state index in [0.29, 0.717) is 17.0 Å². The van der Waals surface area contributed by atoms with Gasteiger partial charge in [-0.15, -0.1) is 0 Å². The molecule has 0 fully saturated rings. The van der Waals surface area contributed by atoms with Crippen LogP contribution in [0.15, 0.2) is 53.6 Å². The average molecular weight is 309 g/mol. The third-order valence-corrected chi connectivity index (χ3v) is 3.53. The van der Waals surface area contributed by atoms with Crippen molar-refractivity contribution in [2.45, 2.75) is 6.92 Å². The van der Waals surface area contributed by atoms with Crippen LogP contribution in [0.3, 0.4) is 0 Å². The van der Waals surface area contributed by atoms with Gasteiger partial charge in [0.15, 0.2) is 0 Å². The normalized spacial score (nSPS) is 10.5. The topological polar surface area (TPSA) is 72.7 Å². The molecular weight excluding hydrogens is 294 g/mol. The number of para-hydroxylation sites is 1. The summed E-state index contributed by atoms with van der Waals surface area (Å²) >= 11 is 0. The number of hydrogen-bond acceptors (Lipinski definition) is 4. The van der Waals surface area contributed by atoms with Gasteiger partial charge in [-0.05, 0) is 30.7 Å². The largest absolute Gasteiger partial charge is 0.496 e. The Kier molecular flexibility index (Phi) is 3.80. The summed E-state index contributed by atoms with van der Waals surface area (Å²) in [5.41, 5.74) is 1.58. The van der Waals surface area contributed by atoms with Crippen LogP contribution in [0.2, 0.25) is 0 Å². The quantitative estimate of drug-likeness (QED) is 0.805. The van der Waals surface area contributed by atoms with Gasteiger partial charge in [0.25, 0.3) is 11.5 Å². The van der Waals surface area contributed by atoms with Crippen LogP contribution in [0.5, 0.6) is 5.75 Å². The van der Waals surface area contributed by atoms with Crippen LogP contribution in [0.4, 0.5) is 5.69 Å². The number of hydrogen-bond donors (Lipinski definition) is 1. The van der Waals surface area contributed by atoms with Crippen molar-refractivity contribution in [3.05, 3.63) is 70.3 Å². The lowest BCUT2D eigenvalue weighted by Gasteiger charge is -2.09. The van der Waals surface area contributed by atoms with Crippen LogP contribution in [0.25, 0.3) is 5.65 Å². The van der Waals surface area contributed by atoms with Crippen LogP contribution in [0, 0.1) is 6.92 Å². The molecule has 116 valence electrons. The number of nitrogens with zero attached hydrogens (tertiary/aromatic N) is 2. The molecule has 6 nitrogen and oxygen atoms in total. The standard InChI is InChI=1S/C17H15N3O3/c1-11-6-5-9-20-15(11)18-10-13(17(20)22)19-16(21)12-7-3-4-8-14(12)23-2/h3-10H,1-2H3,(H,19,21). The highest BCUT2D eigenvalue weighted by atomic mass is 16.5. The highest BCUT2D eigenvalue weighted by Crippen LogP contribution is 2.18. The molecule has 3 aromatic rings. The van der Waals surface area contributed by atoms with E-state index in [2.05, 4.69) is 10.3 Å². The van der Waals surface area contributed by atoms with Gasteiger partial charge in [-0.25, -0.2) is 4.98 Å². The molecule has 0 saturated heterocycles. The van der Waals surface area contributed by atoms with E-state index < -0.39 is 5.91 Å². The first-order chi connectivity index (χ1) is 11.1. The Labute approximate surface area is 132 Å². The predicted molar refractivity (Wildman–Crippen MR) is 87.1 cm³/mol. The number of amides is 1.